The molecule has 1 fully saturated rings. The van der Waals surface area contributed by atoms with Crippen molar-refractivity contribution in [2.24, 2.45) is 5.92 Å². The maximum Gasteiger partial charge on any atom is 0.0558 e. The Kier molecular flexibility index (Phi) is 7.56. The first-order valence-electron chi connectivity index (χ1n) is 7.30. The summed E-state index contributed by atoms with van der Waals surface area (Å²) >= 11 is 0. The first-order chi connectivity index (χ1) is 8.61. The van der Waals surface area contributed by atoms with Gasteiger partial charge < -0.3 is 10.0 Å². The number of β-amino-alcohol motifs (C(OH)–C–C–N with tert-alkyl or cyclic N) is 1. The van der Waals surface area contributed by atoms with Crippen LogP contribution in [0.4, 0.5) is 0 Å². The highest BCUT2D eigenvalue weighted by atomic mass is 16.3. The van der Waals surface area contributed by atoms with E-state index in [4.69, 9.17) is 5.11 Å². The molecular weight excluding hydrogens is 224 g/mol. The highest BCUT2D eigenvalue weighted by Crippen LogP contribution is 2.11. The molecule has 18 heavy (non-hydrogen) atoms. The Hall–Kier alpha value is -0.380. The lowest BCUT2D eigenvalue weighted by molar-refractivity contribution is 0.102. The number of piperazine rings is 1. The van der Waals surface area contributed by atoms with E-state index in [1.165, 1.54) is 25.0 Å². The van der Waals surface area contributed by atoms with Crippen LogP contribution in [0.5, 0.6) is 0 Å². The summed E-state index contributed by atoms with van der Waals surface area (Å²) in [6.45, 7) is 13.6. The summed E-state index contributed by atoms with van der Waals surface area (Å²) in [5, 5.41) is 8.91. The van der Waals surface area contributed by atoms with E-state index in [1.807, 2.05) is 0 Å². The molecule has 0 spiro atoms. The van der Waals surface area contributed by atoms with Crippen molar-refractivity contribution in [3.05, 3.63) is 11.6 Å². The van der Waals surface area contributed by atoms with Crippen LogP contribution in [-0.4, -0.2) is 60.8 Å². The van der Waals surface area contributed by atoms with Crippen LogP contribution in [0.3, 0.4) is 0 Å². The van der Waals surface area contributed by atoms with Gasteiger partial charge in [-0.2, -0.15) is 0 Å². The maximum absolute atomic E-state index is 8.91. The molecule has 1 saturated heterocycles. The van der Waals surface area contributed by atoms with Crippen LogP contribution in [0.2, 0.25) is 0 Å². The van der Waals surface area contributed by atoms with Gasteiger partial charge in [0, 0.05) is 39.3 Å². The number of allylic oxidation sites excluding steroid dienone is 2. The van der Waals surface area contributed by atoms with Crippen LogP contribution in [0, 0.1) is 5.92 Å². The summed E-state index contributed by atoms with van der Waals surface area (Å²) in [6.07, 6.45) is 4.85. The number of hydrogen-bond donors (Lipinski definition) is 1. The van der Waals surface area contributed by atoms with Crippen LogP contribution in [-0.2, 0) is 0 Å². The zero-order valence-corrected chi connectivity index (χ0v) is 12.4. The minimum Gasteiger partial charge on any atom is -0.395 e. The second-order valence-corrected chi connectivity index (χ2v) is 5.83. The molecule has 0 bridgehead atoms. The van der Waals surface area contributed by atoms with Crippen molar-refractivity contribution in [1.29, 1.82) is 0 Å². The Morgan fingerprint density at radius 3 is 2.33 bits per heavy atom. The lowest BCUT2D eigenvalue weighted by Crippen LogP contribution is -2.48. The highest BCUT2D eigenvalue weighted by Gasteiger charge is 2.17. The van der Waals surface area contributed by atoms with Gasteiger partial charge in [-0.25, -0.2) is 0 Å². The van der Waals surface area contributed by atoms with E-state index in [-0.39, 0.29) is 0 Å². The van der Waals surface area contributed by atoms with E-state index in [0.29, 0.717) is 6.61 Å². The molecule has 0 aromatic heterocycles. The minimum atomic E-state index is 0.291. The molecule has 106 valence electrons. The number of hydrogen-bond acceptors (Lipinski definition) is 3. The van der Waals surface area contributed by atoms with Crippen molar-refractivity contribution in [3.8, 4) is 0 Å². The average Bonchev–Trinajstić information content (AvgIpc) is 2.31. The lowest BCUT2D eigenvalue weighted by atomic mass is 10.0. The molecule has 0 saturated carbocycles. The van der Waals surface area contributed by atoms with Crippen molar-refractivity contribution in [1.82, 2.24) is 9.80 Å². The molecule has 3 nitrogen and oxygen atoms in total. The predicted molar refractivity (Wildman–Crippen MR) is 77.8 cm³/mol. The quantitative estimate of drug-likeness (QED) is 0.704. The first kappa shape index (κ1) is 15.7. The number of aliphatic hydroxyl groups excluding tert-OH is 1. The second-order valence-electron chi connectivity index (χ2n) is 5.83. The normalized spacial score (nSPS) is 19.8. The third kappa shape index (κ3) is 6.53. The van der Waals surface area contributed by atoms with Gasteiger partial charge in [0.2, 0.25) is 0 Å². The zero-order valence-electron chi connectivity index (χ0n) is 12.4. The molecule has 3 heteroatoms. The van der Waals surface area contributed by atoms with Gasteiger partial charge in [-0.3, -0.25) is 4.90 Å². The maximum atomic E-state index is 8.91. The SMILES string of the molecule is CC(C)=CCCC(C)CN1CCN(CCO)CC1. The molecule has 1 heterocycles. The topological polar surface area (TPSA) is 26.7 Å². The van der Waals surface area contributed by atoms with E-state index >= 15 is 0 Å². The fourth-order valence-electron chi connectivity index (χ4n) is 2.53. The van der Waals surface area contributed by atoms with E-state index < -0.39 is 0 Å². The van der Waals surface area contributed by atoms with Crippen molar-refractivity contribution in [2.75, 3.05) is 45.9 Å². The summed E-state index contributed by atoms with van der Waals surface area (Å²) in [5.74, 6) is 0.782. The van der Waals surface area contributed by atoms with E-state index in [1.54, 1.807) is 0 Å². The van der Waals surface area contributed by atoms with Crippen LogP contribution in [0.25, 0.3) is 0 Å². The van der Waals surface area contributed by atoms with Gasteiger partial charge in [-0.05, 0) is 32.6 Å². The number of aliphatic hydroxyl groups is 1. The molecular formula is C15H30N2O. The van der Waals surface area contributed by atoms with Crippen LogP contribution in [0.15, 0.2) is 11.6 Å². The molecule has 0 aromatic carbocycles. The predicted octanol–water partition coefficient (Wildman–Crippen LogP) is 1.98. The first-order valence-corrected chi connectivity index (χ1v) is 7.30. The molecule has 0 radical (unpaired) electrons. The molecule has 1 atom stereocenters. The molecule has 0 aromatic rings. The van der Waals surface area contributed by atoms with Gasteiger partial charge in [-0.1, -0.05) is 18.6 Å². The molecule has 1 rings (SSSR count). The molecule has 1 aliphatic rings. The summed E-state index contributed by atoms with van der Waals surface area (Å²) in [4.78, 5) is 4.92. The Bertz CT molecular complexity index is 241. The largest absolute Gasteiger partial charge is 0.395 e. The smallest absolute Gasteiger partial charge is 0.0558 e. The summed E-state index contributed by atoms with van der Waals surface area (Å²) in [5.41, 5.74) is 1.43. The van der Waals surface area contributed by atoms with E-state index in [9.17, 15) is 0 Å². The fraction of sp³-hybridized carbons (Fsp3) is 0.867. The third-order valence-corrected chi connectivity index (χ3v) is 3.66. The monoisotopic (exact) mass is 254 g/mol. The Labute approximate surface area is 112 Å². The molecule has 0 amide bonds. The molecule has 1 aliphatic heterocycles. The van der Waals surface area contributed by atoms with Crippen LogP contribution < -0.4 is 0 Å². The van der Waals surface area contributed by atoms with Crippen LogP contribution in [0.1, 0.15) is 33.6 Å². The summed E-state index contributed by atoms with van der Waals surface area (Å²) in [7, 11) is 0. The third-order valence-electron chi connectivity index (χ3n) is 3.66. The Balaban J connectivity index is 2.14. The van der Waals surface area contributed by atoms with Gasteiger partial charge in [0.05, 0.1) is 6.61 Å². The Morgan fingerprint density at radius 2 is 1.78 bits per heavy atom. The average molecular weight is 254 g/mol. The van der Waals surface area contributed by atoms with Crippen LogP contribution >= 0.6 is 0 Å². The number of nitrogens with zero attached hydrogens (tertiary/aromatic N) is 2. The fourth-order valence-corrected chi connectivity index (χ4v) is 2.53. The zero-order chi connectivity index (χ0) is 13.4. The molecule has 1 unspecified atom stereocenters. The summed E-state index contributed by atoms with van der Waals surface area (Å²) < 4.78 is 0. The van der Waals surface area contributed by atoms with Gasteiger partial charge in [0.1, 0.15) is 0 Å². The highest BCUT2D eigenvalue weighted by molar-refractivity contribution is 4.92. The van der Waals surface area contributed by atoms with Gasteiger partial charge in [0.25, 0.3) is 0 Å². The molecule has 0 aliphatic carbocycles. The van der Waals surface area contributed by atoms with Crippen molar-refractivity contribution in [2.45, 2.75) is 33.6 Å². The lowest BCUT2D eigenvalue weighted by Gasteiger charge is -2.35. The Morgan fingerprint density at radius 1 is 1.17 bits per heavy atom. The second kappa shape index (κ2) is 8.68. The van der Waals surface area contributed by atoms with Crippen molar-refractivity contribution < 1.29 is 5.11 Å². The summed E-state index contributed by atoms with van der Waals surface area (Å²) in [6, 6.07) is 0. The molecule has 1 N–H and O–H groups in total. The van der Waals surface area contributed by atoms with Gasteiger partial charge in [-0.15, -0.1) is 0 Å². The minimum absolute atomic E-state index is 0.291. The van der Waals surface area contributed by atoms with Gasteiger partial charge >= 0.3 is 0 Å². The van der Waals surface area contributed by atoms with Crippen molar-refractivity contribution >= 4 is 0 Å². The van der Waals surface area contributed by atoms with E-state index in [2.05, 4.69) is 36.6 Å². The van der Waals surface area contributed by atoms with Gasteiger partial charge in [0.15, 0.2) is 0 Å². The standard InChI is InChI=1S/C15H30N2O/c1-14(2)5-4-6-15(3)13-17-9-7-16(8-10-17)11-12-18/h5,15,18H,4,6-13H2,1-3H3. The van der Waals surface area contributed by atoms with Crippen molar-refractivity contribution in [3.63, 3.8) is 0 Å². The number of rotatable bonds is 7. The van der Waals surface area contributed by atoms with E-state index in [0.717, 1.165) is 38.6 Å².